The minimum atomic E-state index is -3.16. The summed E-state index contributed by atoms with van der Waals surface area (Å²) in [6, 6.07) is 6.17. The van der Waals surface area contributed by atoms with E-state index in [1.807, 2.05) is 0 Å². The standard InChI is InChI=1S/C11H12N2O3S/c12-10-4-2-1-3-9(10)11(14)13-8-5-6-17(15,16)7-8/h1-6,8H,7,12H2,(H,13,14). The van der Waals surface area contributed by atoms with E-state index in [1.54, 1.807) is 24.3 Å². The van der Waals surface area contributed by atoms with Gasteiger partial charge in [0.1, 0.15) is 0 Å². The molecule has 1 aliphatic rings. The molecule has 1 aliphatic heterocycles. The molecule has 0 spiro atoms. The monoisotopic (exact) mass is 252 g/mol. The van der Waals surface area contributed by atoms with E-state index in [1.165, 1.54) is 6.08 Å². The van der Waals surface area contributed by atoms with Crippen molar-refractivity contribution in [3.8, 4) is 0 Å². The first-order valence-electron chi connectivity index (χ1n) is 5.04. The first kappa shape index (κ1) is 11.7. The van der Waals surface area contributed by atoms with Gasteiger partial charge in [0.2, 0.25) is 0 Å². The van der Waals surface area contributed by atoms with E-state index in [4.69, 9.17) is 5.73 Å². The van der Waals surface area contributed by atoms with E-state index in [0.717, 1.165) is 5.41 Å². The number of nitrogens with two attached hydrogens (primary N) is 1. The van der Waals surface area contributed by atoms with Crippen molar-refractivity contribution in [2.75, 3.05) is 11.5 Å². The van der Waals surface area contributed by atoms with Crippen LogP contribution in [0.3, 0.4) is 0 Å². The van der Waals surface area contributed by atoms with Gasteiger partial charge in [-0.05, 0) is 18.2 Å². The predicted molar refractivity (Wildman–Crippen MR) is 65.0 cm³/mol. The SMILES string of the molecule is Nc1ccccc1C(=O)NC1C=CS(=O)(=O)C1. The predicted octanol–water partition coefficient (Wildman–Crippen LogP) is 0.309. The zero-order chi connectivity index (χ0) is 12.5. The molecule has 1 aromatic carbocycles. The minimum absolute atomic E-state index is 0.0918. The maximum Gasteiger partial charge on any atom is 0.253 e. The quantitative estimate of drug-likeness (QED) is 0.741. The van der Waals surface area contributed by atoms with Gasteiger partial charge in [0.25, 0.3) is 5.91 Å². The van der Waals surface area contributed by atoms with Crippen molar-refractivity contribution in [1.29, 1.82) is 0 Å². The normalized spacial score (nSPS) is 21.3. The number of nitrogens with one attached hydrogen (secondary N) is 1. The van der Waals surface area contributed by atoms with Gasteiger partial charge < -0.3 is 11.1 Å². The molecule has 6 heteroatoms. The van der Waals surface area contributed by atoms with Crippen molar-refractivity contribution >= 4 is 21.4 Å². The van der Waals surface area contributed by atoms with Gasteiger partial charge in [-0.3, -0.25) is 4.79 Å². The van der Waals surface area contributed by atoms with Gasteiger partial charge in [-0.25, -0.2) is 8.42 Å². The Morgan fingerprint density at radius 2 is 2.06 bits per heavy atom. The highest BCUT2D eigenvalue weighted by Gasteiger charge is 2.23. The molecule has 0 saturated heterocycles. The Hall–Kier alpha value is -1.82. The molecule has 3 N–H and O–H groups in total. The molecular weight excluding hydrogens is 240 g/mol. The smallest absolute Gasteiger partial charge is 0.253 e. The van der Waals surface area contributed by atoms with Crippen molar-refractivity contribution in [3.63, 3.8) is 0 Å². The topological polar surface area (TPSA) is 89.3 Å². The Morgan fingerprint density at radius 1 is 1.35 bits per heavy atom. The molecule has 2 rings (SSSR count). The van der Waals surface area contributed by atoms with Gasteiger partial charge in [0.15, 0.2) is 9.84 Å². The van der Waals surface area contributed by atoms with Crippen LogP contribution in [0.15, 0.2) is 35.7 Å². The van der Waals surface area contributed by atoms with Crippen LogP contribution < -0.4 is 11.1 Å². The molecule has 1 amide bonds. The van der Waals surface area contributed by atoms with E-state index in [9.17, 15) is 13.2 Å². The summed E-state index contributed by atoms with van der Waals surface area (Å²) in [6.45, 7) is 0. The summed E-state index contributed by atoms with van der Waals surface area (Å²) in [7, 11) is -3.16. The molecule has 90 valence electrons. The Kier molecular flexibility index (Phi) is 2.89. The lowest BCUT2D eigenvalue weighted by Gasteiger charge is -2.11. The molecular formula is C11H12N2O3S. The lowest BCUT2D eigenvalue weighted by Crippen LogP contribution is -2.35. The molecule has 0 radical (unpaired) electrons. The molecule has 0 fully saturated rings. The molecule has 0 aliphatic carbocycles. The highest BCUT2D eigenvalue weighted by molar-refractivity contribution is 7.94. The number of carbonyl (C=O) groups excluding carboxylic acids is 1. The molecule has 1 atom stereocenters. The number of anilines is 1. The summed E-state index contributed by atoms with van der Waals surface area (Å²) < 4.78 is 22.3. The molecule has 1 unspecified atom stereocenters. The Morgan fingerprint density at radius 3 is 2.65 bits per heavy atom. The van der Waals surface area contributed by atoms with E-state index in [0.29, 0.717) is 11.3 Å². The van der Waals surface area contributed by atoms with E-state index < -0.39 is 15.9 Å². The van der Waals surface area contributed by atoms with Gasteiger partial charge in [-0.1, -0.05) is 12.1 Å². The van der Waals surface area contributed by atoms with Gasteiger partial charge in [0, 0.05) is 11.1 Å². The fraction of sp³-hybridized carbons (Fsp3) is 0.182. The Balaban J connectivity index is 2.09. The fourth-order valence-corrected chi connectivity index (χ4v) is 2.85. The zero-order valence-corrected chi connectivity index (χ0v) is 9.78. The van der Waals surface area contributed by atoms with Crippen LogP contribution in [0.1, 0.15) is 10.4 Å². The minimum Gasteiger partial charge on any atom is -0.398 e. The van der Waals surface area contributed by atoms with Crippen LogP contribution in [0.4, 0.5) is 5.69 Å². The summed E-state index contributed by atoms with van der Waals surface area (Å²) in [5.74, 6) is -0.458. The van der Waals surface area contributed by atoms with Crippen molar-refractivity contribution in [1.82, 2.24) is 5.32 Å². The summed E-state index contributed by atoms with van der Waals surface area (Å²) in [4.78, 5) is 11.8. The molecule has 0 saturated carbocycles. The van der Waals surface area contributed by atoms with Gasteiger partial charge >= 0.3 is 0 Å². The van der Waals surface area contributed by atoms with Gasteiger partial charge in [0.05, 0.1) is 17.4 Å². The van der Waals surface area contributed by atoms with Crippen LogP contribution in [0, 0.1) is 0 Å². The van der Waals surface area contributed by atoms with Crippen molar-refractivity contribution in [2.24, 2.45) is 0 Å². The molecule has 17 heavy (non-hydrogen) atoms. The second kappa shape index (κ2) is 4.21. The van der Waals surface area contributed by atoms with Crippen LogP contribution >= 0.6 is 0 Å². The van der Waals surface area contributed by atoms with Crippen LogP contribution in [0.2, 0.25) is 0 Å². The zero-order valence-electron chi connectivity index (χ0n) is 8.96. The molecule has 0 bridgehead atoms. The average molecular weight is 252 g/mol. The second-order valence-corrected chi connectivity index (χ2v) is 5.76. The number of carbonyl (C=O) groups is 1. The van der Waals surface area contributed by atoms with Crippen molar-refractivity contribution in [2.45, 2.75) is 6.04 Å². The third-order valence-electron chi connectivity index (χ3n) is 2.45. The number of rotatable bonds is 2. The number of benzene rings is 1. The lowest BCUT2D eigenvalue weighted by molar-refractivity contribution is 0.0948. The van der Waals surface area contributed by atoms with Crippen molar-refractivity contribution < 1.29 is 13.2 Å². The second-order valence-electron chi connectivity index (χ2n) is 3.83. The highest BCUT2D eigenvalue weighted by atomic mass is 32.2. The van der Waals surface area contributed by atoms with Gasteiger partial charge in [-0.2, -0.15) is 0 Å². The first-order valence-corrected chi connectivity index (χ1v) is 6.76. The molecule has 1 heterocycles. The van der Waals surface area contributed by atoms with Gasteiger partial charge in [-0.15, -0.1) is 0 Å². The van der Waals surface area contributed by atoms with Crippen molar-refractivity contribution in [3.05, 3.63) is 41.3 Å². The van der Waals surface area contributed by atoms with Crippen LogP contribution in [-0.4, -0.2) is 26.1 Å². The molecule has 1 aromatic rings. The number of nitrogen functional groups attached to an aromatic ring is 1. The maximum atomic E-state index is 11.8. The Labute approximate surface area is 99.2 Å². The Bertz CT molecular complexity index is 578. The summed E-state index contributed by atoms with van der Waals surface area (Å²) >= 11 is 0. The lowest BCUT2D eigenvalue weighted by atomic mass is 10.1. The van der Waals surface area contributed by atoms with Crippen LogP contribution in [0.25, 0.3) is 0 Å². The number of sulfone groups is 1. The summed E-state index contributed by atoms with van der Waals surface area (Å²) in [6.07, 6.45) is 1.46. The van der Waals surface area contributed by atoms with Crippen LogP contribution in [0.5, 0.6) is 0 Å². The highest BCUT2D eigenvalue weighted by Crippen LogP contribution is 2.12. The average Bonchev–Trinajstić information content (AvgIpc) is 2.58. The summed E-state index contributed by atoms with van der Waals surface area (Å²) in [5, 5.41) is 3.72. The molecule has 0 aromatic heterocycles. The van der Waals surface area contributed by atoms with E-state index in [-0.39, 0.29) is 11.7 Å². The maximum absolute atomic E-state index is 11.8. The first-order chi connectivity index (χ1) is 7.98. The number of hydrogen-bond donors (Lipinski definition) is 2. The van der Waals surface area contributed by atoms with Crippen LogP contribution in [-0.2, 0) is 9.84 Å². The largest absolute Gasteiger partial charge is 0.398 e. The number of hydrogen-bond acceptors (Lipinski definition) is 4. The fourth-order valence-electron chi connectivity index (χ4n) is 1.62. The number of para-hydroxylation sites is 1. The molecule has 5 nitrogen and oxygen atoms in total. The third kappa shape index (κ3) is 2.65. The van der Waals surface area contributed by atoms with E-state index >= 15 is 0 Å². The summed E-state index contributed by atoms with van der Waals surface area (Å²) in [5.41, 5.74) is 6.37. The number of amides is 1. The third-order valence-corrected chi connectivity index (χ3v) is 3.85. The van der Waals surface area contributed by atoms with E-state index in [2.05, 4.69) is 5.32 Å².